The normalized spacial score (nSPS) is 17.8. The average molecular weight is 310 g/mol. The van der Waals surface area contributed by atoms with Crippen molar-refractivity contribution < 1.29 is 9.59 Å². The molecule has 0 saturated carbocycles. The molecule has 1 aliphatic heterocycles. The molecule has 0 spiro atoms. The first-order valence-electron chi connectivity index (χ1n) is 7.26. The minimum absolute atomic E-state index is 0.109. The van der Waals surface area contributed by atoms with Crippen molar-refractivity contribution >= 4 is 34.5 Å². The quantitative estimate of drug-likeness (QED) is 0.677. The van der Waals surface area contributed by atoms with Gasteiger partial charge in [-0.15, -0.1) is 0 Å². The molecule has 1 unspecified atom stereocenters. The molecule has 23 heavy (non-hydrogen) atoms. The van der Waals surface area contributed by atoms with Crippen molar-refractivity contribution in [1.29, 1.82) is 0 Å². The van der Waals surface area contributed by atoms with Crippen LogP contribution < -0.4 is 10.2 Å². The predicted molar refractivity (Wildman–Crippen MR) is 83.8 cm³/mol. The molecule has 0 aliphatic carbocycles. The van der Waals surface area contributed by atoms with Gasteiger partial charge in [0, 0.05) is 30.7 Å². The first-order chi connectivity index (χ1) is 11.2. The van der Waals surface area contributed by atoms with Crippen molar-refractivity contribution in [3.8, 4) is 0 Å². The largest absolute Gasteiger partial charge is 0.331 e. The molecule has 2 aromatic heterocycles. The Kier molecular flexibility index (Phi) is 3.07. The first-order valence-corrected chi connectivity index (χ1v) is 7.26. The van der Waals surface area contributed by atoms with E-state index in [0.29, 0.717) is 18.3 Å². The molecular weight excluding hydrogens is 296 g/mol. The summed E-state index contributed by atoms with van der Waals surface area (Å²) >= 11 is 0. The smallest absolute Gasteiger partial charge is 0.232 e. The van der Waals surface area contributed by atoms with E-state index in [-0.39, 0.29) is 18.2 Å². The van der Waals surface area contributed by atoms with Crippen LogP contribution in [0.2, 0.25) is 0 Å². The van der Waals surface area contributed by atoms with Gasteiger partial charge in [-0.05, 0) is 12.1 Å². The van der Waals surface area contributed by atoms with E-state index in [2.05, 4.69) is 25.5 Å². The van der Waals surface area contributed by atoms with Crippen LogP contribution >= 0.6 is 0 Å². The summed E-state index contributed by atoms with van der Waals surface area (Å²) in [5, 5.41) is 10.7. The molecule has 2 amide bonds. The molecule has 1 aromatic carbocycles. The van der Waals surface area contributed by atoms with Gasteiger partial charge < -0.3 is 4.98 Å². The second-order valence-corrected chi connectivity index (χ2v) is 5.43. The zero-order chi connectivity index (χ0) is 15.8. The number of carbonyl (C=O) groups excluding carboxylic acids is 2. The first kappa shape index (κ1) is 13.5. The Balaban J connectivity index is 1.55. The molecule has 3 N–H and O–H groups in total. The lowest BCUT2D eigenvalue weighted by molar-refractivity contribution is -0.122. The van der Waals surface area contributed by atoms with E-state index in [1.165, 1.54) is 0 Å². The molecule has 8 heteroatoms. The summed E-state index contributed by atoms with van der Waals surface area (Å²) in [5.74, 6) is 0.186. The van der Waals surface area contributed by atoms with Crippen LogP contribution in [0, 0.1) is 5.92 Å². The van der Waals surface area contributed by atoms with Crippen LogP contribution in [0.3, 0.4) is 0 Å². The zero-order valence-corrected chi connectivity index (χ0v) is 12.1. The lowest BCUT2D eigenvalue weighted by Crippen LogP contribution is -2.28. The third-order valence-electron chi connectivity index (χ3n) is 3.94. The highest BCUT2D eigenvalue weighted by molar-refractivity contribution is 6.06. The summed E-state index contributed by atoms with van der Waals surface area (Å²) < 4.78 is 0. The highest BCUT2D eigenvalue weighted by Gasteiger charge is 2.37. The maximum absolute atomic E-state index is 12.3. The van der Waals surface area contributed by atoms with Gasteiger partial charge in [-0.2, -0.15) is 5.10 Å². The number of aromatic nitrogens is 4. The summed E-state index contributed by atoms with van der Waals surface area (Å²) in [6.07, 6.45) is 3.34. The Bertz CT molecular complexity index is 869. The molecule has 1 saturated heterocycles. The molecule has 1 fully saturated rings. The molecule has 8 nitrogen and oxygen atoms in total. The van der Waals surface area contributed by atoms with Gasteiger partial charge in [0.25, 0.3) is 0 Å². The third kappa shape index (κ3) is 2.33. The number of H-pyrrole nitrogens is 2. The summed E-state index contributed by atoms with van der Waals surface area (Å²) in [6.45, 7) is 0.306. The van der Waals surface area contributed by atoms with E-state index in [4.69, 9.17) is 0 Å². The van der Waals surface area contributed by atoms with Crippen LogP contribution in [-0.4, -0.2) is 38.5 Å². The number of imidazole rings is 1. The fraction of sp³-hybridized carbons (Fsp3) is 0.200. The van der Waals surface area contributed by atoms with Gasteiger partial charge in [0.05, 0.1) is 11.4 Å². The molecule has 1 atom stereocenters. The Labute approximate surface area is 130 Å². The van der Waals surface area contributed by atoms with Crippen LogP contribution in [-0.2, 0) is 9.59 Å². The number of aromatic amines is 2. The van der Waals surface area contributed by atoms with E-state index in [9.17, 15) is 9.59 Å². The SMILES string of the molecule is O=C(Nc1ncc[nH]1)C1CC(=O)N(c2n[nH]c3ccccc23)C1. The fourth-order valence-corrected chi connectivity index (χ4v) is 2.80. The summed E-state index contributed by atoms with van der Waals surface area (Å²) in [6, 6.07) is 7.59. The molecule has 3 heterocycles. The van der Waals surface area contributed by atoms with Crippen molar-refractivity contribution in [3.05, 3.63) is 36.7 Å². The zero-order valence-electron chi connectivity index (χ0n) is 12.1. The number of benzene rings is 1. The molecule has 0 bridgehead atoms. The van der Waals surface area contributed by atoms with E-state index in [1.54, 1.807) is 17.3 Å². The number of nitrogens with one attached hydrogen (secondary N) is 3. The Morgan fingerprint density at radius 2 is 2.22 bits per heavy atom. The number of carbonyl (C=O) groups is 2. The number of nitrogens with zero attached hydrogens (tertiary/aromatic N) is 3. The van der Waals surface area contributed by atoms with Gasteiger partial charge >= 0.3 is 0 Å². The van der Waals surface area contributed by atoms with Crippen molar-refractivity contribution in [1.82, 2.24) is 20.2 Å². The third-order valence-corrected chi connectivity index (χ3v) is 3.94. The standard InChI is InChI=1S/C15H14N6O2/c22-12-7-9(14(23)18-15-16-5-6-17-15)8-21(12)13-10-3-1-2-4-11(10)19-20-13/h1-6,9H,7-8H2,(H,19,20)(H2,16,17,18,23). The van der Waals surface area contributed by atoms with Crippen LogP contribution in [0.5, 0.6) is 0 Å². The monoisotopic (exact) mass is 310 g/mol. The molecule has 4 rings (SSSR count). The summed E-state index contributed by atoms with van der Waals surface area (Å²) in [4.78, 5) is 32.9. The van der Waals surface area contributed by atoms with Gasteiger partial charge in [0.15, 0.2) is 5.82 Å². The van der Waals surface area contributed by atoms with E-state index in [1.807, 2.05) is 24.3 Å². The number of para-hydroxylation sites is 1. The second-order valence-electron chi connectivity index (χ2n) is 5.43. The predicted octanol–water partition coefficient (Wildman–Crippen LogP) is 1.28. The number of anilines is 2. The lowest BCUT2D eigenvalue weighted by Gasteiger charge is -2.13. The highest BCUT2D eigenvalue weighted by Crippen LogP contribution is 2.29. The van der Waals surface area contributed by atoms with Gasteiger partial charge in [-0.1, -0.05) is 12.1 Å². The number of hydrogen-bond donors (Lipinski definition) is 3. The summed E-state index contributed by atoms with van der Waals surface area (Å²) in [7, 11) is 0. The van der Waals surface area contributed by atoms with Crippen LogP contribution in [0.4, 0.5) is 11.8 Å². The average Bonchev–Trinajstić information content (AvgIpc) is 3.26. The van der Waals surface area contributed by atoms with Gasteiger partial charge in [0.2, 0.25) is 17.8 Å². The maximum atomic E-state index is 12.3. The lowest BCUT2D eigenvalue weighted by atomic mass is 10.1. The maximum Gasteiger partial charge on any atom is 0.232 e. The molecular formula is C15H14N6O2. The summed E-state index contributed by atoms with van der Waals surface area (Å²) in [5.41, 5.74) is 0.860. The van der Waals surface area contributed by atoms with Crippen molar-refractivity contribution in [3.63, 3.8) is 0 Å². The van der Waals surface area contributed by atoms with E-state index in [0.717, 1.165) is 10.9 Å². The highest BCUT2D eigenvalue weighted by atomic mass is 16.2. The minimum Gasteiger partial charge on any atom is -0.331 e. The number of amides is 2. The fourth-order valence-electron chi connectivity index (χ4n) is 2.80. The molecule has 0 radical (unpaired) electrons. The van der Waals surface area contributed by atoms with Crippen molar-refractivity contribution in [2.24, 2.45) is 5.92 Å². The number of fused-ring (bicyclic) bond motifs is 1. The van der Waals surface area contributed by atoms with E-state index < -0.39 is 5.92 Å². The van der Waals surface area contributed by atoms with Crippen molar-refractivity contribution in [2.75, 3.05) is 16.8 Å². The van der Waals surface area contributed by atoms with Crippen LogP contribution in [0.1, 0.15) is 6.42 Å². The Morgan fingerprint density at radius 3 is 3.04 bits per heavy atom. The van der Waals surface area contributed by atoms with Gasteiger partial charge in [-0.3, -0.25) is 24.9 Å². The van der Waals surface area contributed by atoms with Crippen LogP contribution in [0.15, 0.2) is 36.7 Å². The second kappa shape index (κ2) is 5.24. The minimum atomic E-state index is -0.428. The van der Waals surface area contributed by atoms with Gasteiger partial charge in [-0.25, -0.2) is 4.98 Å². The molecule has 1 aliphatic rings. The molecule has 116 valence electrons. The van der Waals surface area contributed by atoms with E-state index >= 15 is 0 Å². The number of hydrogen-bond acceptors (Lipinski definition) is 4. The van der Waals surface area contributed by atoms with Crippen LogP contribution in [0.25, 0.3) is 10.9 Å². The van der Waals surface area contributed by atoms with Crippen molar-refractivity contribution in [2.45, 2.75) is 6.42 Å². The Morgan fingerprint density at radius 1 is 1.35 bits per heavy atom. The topological polar surface area (TPSA) is 107 Å². The Hall–Kier alpha value is -3.16. The number of rotatable bonds is 3. The van der Waals surface area contributed by atoms with Gasteiger partial charge in [0.1, 0.15) is 0 Å². The molecule has 3 aromatic rings.